The highest BCUT2D eigenvalue weighted by Crippen LogP contribution is 2.38. The van der Waals surface area contributed by atoms with Gasteiger partial charge in [0.15, 0.2) is 16.3 Å². The number of carbonyl (C=O) groups excluding carboxylic acids is 1. The van der Waals surface area contributed by atoms with Gasteiger partial charge in [0.1, 0.15) is 11.5 Å². The molecular formula is C28H20ClN3O8S. The van der Waals surface area contributed by atoms with E-state index in [2.05, 4.69) is 4.99 Å². The van der Waals surface area contributed by atoms with Crippen LogP contribution in [0.1, 0.15) is 31.2 Å². The van der Waals surface area contributed by atoms with Crippen molar-refractivity contribution in [3.8, 4) is 22.8 Å². The molecule has 13 heteroatoms. The maximum Gasteiger partial charge on any atom is 0.338 e. The number of non-ortho nitro benzene ring substituents is 1. The second kappa shape index (κ2) is 10.4. The first-order valence-electron chi connectivity index (χ1n) is 12.4. The maximum atomic E-state index is 13.8. The van der Waals surface area contributed by atoms with E-state index in [1.807, 2.05) is 0 Å². The first-order valence-corrected chi connectivity index (χ1v) is 13.6. The summed E-state index contributed by atoms with van der Waals surface area (Å²) in [5.41, 5.74) is 1.27. The Morgan fingerprint density at radius 3 is 2.78 bits per heavy atom. The molecule has 6 rings (SSSR count). The van der Waals surface area contributed by atoms with E-state index in [1.165, 1.54) is 22.8 Å². The minimum Gasteiger partial charge on any atom is -0.463 e. The average molecular weight is 594 g/mol. The number of furan rings is 1. The summed E-state index contributed by atoms with van der Waals surface area (Å²) in [5, 5.41) is 11.2. The van der Waals surface area contributed by atoms with Crippen molar-refractivity contribution in [1.82, 2.24) is 4.57 Å². The van der Waals surface area contributed by atoms with E-state index in [1.54, 1.807) is 50.3 Å². The molecule has 0 N–H and O–H groups in total. The first-order chi connectivity index (χ1) is 19.7. The van der Waals surface area contributed by atoms with Gasteiger partial charge in [-0.1, -0.05) is 29.0 Å². The molecule has 0 bridgehead atoms. The highest BCUT2D eigenvalue weighted by atomic mass is 35.5. The highest BCUT2D eigenvalue weighted by Gasteiger charge is 2.34. The smallest absolute Gasteiger partial charge is 0.338 e. The molecule has 0 radical (unpaired) electrons. The fourth-order valence-corrected chi connectivity index (χ4v) is 6.01. The van der Waals surface area contributed by atoms with E-state index in [0.29, 0.717) is 49.2 Å². The van der Waals surface area contributed by atoms with Crippen molar-refractivity contribution < 1.29 is 28.3 Å². The minimum absolute atomic E-state index is 0.0807. The van der Waals surface area contributed by atoms with Gasteiger partial charge < -0.3 is 18.6 Å². The lowest BCUT2D eigenvalue weighted by Crippen LogP contribution is -2.39. The van der Waals surface area contributed by atoms with Crippen molar-refractivity contribution in [2.75, 3.05) is 13.4 Å². The summed E-state index contributed by atoms with van der Waals surface area (Å²) in [6, 6.07) is 11.9. The van der Waals surface area contributed by atoms with Gasteiger partial charge in [-0.05, 0) is 49.7 Å². The molecule has 2 aromatic heterocycles. The van der Waals surface area contributed by atoms with Gasteiger partial charge in [0.2, 0.25) is 6.79 Å². The number of esters is 1. The number of thiazole rings is 1. The molecule has 208 valence electrons. The average Bonchev–Trinajstić information content (AvgIpc) is 3.67. The third kappa shape index (κ3) is 4.70. The number of hydrogen-bond acceptors (Lipinski definition) is 10. The number of nitro groups is 1. The largest absolute Gasteiger partial charge is 0.463 e. The Morgan fingerprint density at radius 1 is 1.22 bits per heavy atom. The molecule has 0 amide bonds. The fraction of sp³-hybridized carbons (Fsp3) is 0.179. The Morgan fingerprint density at radius 2 is 2.02 bits per heavy atom. The van der Waals surface area contributed by atoms with Crippen LogP contribution in [0.5, 0.6) is 11.5 Å². The van der Waals surface area contributed by atoms with Crippen LogP contribution in [0.4, 0.5) is 5.69 Å². The van der Waals surface area contributed by atoms with Gasteiger partial charge in [0, 0.05) is 23.8 Å². The van der Waals surface area contributed by atoms with Crippen LogP contribution >= 0.6 is 22.9 Å². The second-order valence-corrected chi connectivity index (χ2v) is 10.5. The molecule has 11 nitrogen and oxygen atoms in total. The van der Waals surface area contributed by atoms with Gasteiger partial charge >= 0.3 is 5.97 Å². The van der Waals surface area contributed by atoms with Gasteiger partial charge in [-0.2, -0.15) is 0 Å². The van der Waals surface area contributed by atoms with Crippen LogP contribution in [-0.4, -0.2) is 28.9 Å². The molecule has 1 unspecified atom stereocenters. The Labute approximate surface area is 240 Å². The van der Waals surface area contributed by atoms with Crippen LogP contribution in [0.2, 0.25) is 5.02 Å². The predicted octanol–water partition coefficient (Wildman–Crippen LogP) is 4.35. The van der Waals surface area contributed by atoms with E-state index >= 15 is 0 Å². The van der Waals surface area contributed by atoms with E-state index in [4.69, 9.17) is 30.2 Å². The fourth-order valence-electron chi connectivity index (χ4n) is 4.71. The normalized spacial score (nSPS) is 16.0. The lowest BCUT2D eigenvalue weighted by molar-refractivity contribution is -0.384. The van der Waals surface area contributed by atoms with Crippen molar-refractivity contribution in [3.63, 3.8) is 0 Å². The summed E-state index contributed by atoms with van der Waals surface area (Å²) < 4.78 is 24.0. The summed E-state index contributed by atoms with van der Waals surface area (Å²) in [6.45, 7) is 3.65. The molecule has 4 aromatic rings. The molecule has 0 aliphatic carbocycles. The molecule has 0 fully saturated rings. The number of rotatable bonds is 6. The standard InChI is InChI=1S/C28H20ClN3O8S/c1-3-37-27(34)24-14(2)30-28-31(25(24)15-4-8-21-22(10-15)39-13-38-21)26(33)23(41-28)12-17-6-9-20(40-17)18-7-5-16(32(35)36)11-19(18)29/h4-12,25H,3,13H2,1-2H3. The number of fused-ring (bicyclic) bond motifs is 2. The first kappa shape index (κ1) is 26.5. The quantitative estimate of drug-likeness (QED) is 0.183. The van der Waals surface area contributed by atoms with Crippen molar-refractivity contribution in [2.45, 2.75) is 19.9 Å². The van der Waals surface area contributed by atoms with E-state index in [9.17, 15) is 19.7 Å². The minimum atomic E-state index is -0.812. The summed E-state index contributed by atoms with van der Waals surface area (Å²) in [4.78, 5) is 42.4. The molecule has 41 heavy (non-hydrogen) atoms. The second-order valence-electron chi connectivity index (χ2n) is 9.04. The number of allylic oxidation sites excluding steroid dienone is 1. The zero-order chi connectivity index (χ0) is 28.8. The zero-order valence-electron chi connectivity index (χ0n) is 21.6. The van der Waals surface area contributed by atoms with Gasteiger partial charge in [-0.3, -0.25) is 19.5 Å². The lowest BCUT2D eigenvalue weighted by atomic mass is 9.95. The van der Waals surface area contributed by atoms with E-state index < -0.39 is 16.9 Å². The Kier molecular flexibility index (Phi) is 6.72. The van der Waals surface area contributed by atoms with Crippen molar-refractivity contribution in [2.24, 2.45) is 4.99 Å². The molecule has 2 aliphatic heterocycles. The van der Waals surface area contributed by atoms with Crippen LogP contribution in [0.25, 0.3) is 17.4 Å². The third-order valence-electron chi connectivity index (χ3n) is 6.56. The Hall–Kier alpha value is -4.68. The summed E-state index contributed by atoms with van der Waals surface area (Å²) in [7, 11) is 0. The van der Waals surface area contributed by atoms with Crippen molar-refractivity contribution >= 4 is 40.7 Å². The molecule has 0 spiro atoms. The topological polar surface area (TPSA) is 135 Å². The number of ether oxygens (including phenoxy) is 3. The molecule has 2 aromatic carbocycles. The predicted molar refractivity (Wildman–Crippen MR) is 149 cm³/mol. The van der Waals surface area contributed by atoms with Crippen LogP contribution in [0.15, 0.2) is 74.0 Å². The van der Waals surface area contributed by atoms with Crippen LogP contribution < -0.4 is 24.4 Å². The summed E-state index contributed by atoms with van der Waals surface area (Å²) in [5.74, 6) is 1.25. The number of halogens is 1. The number of carbonyl (C=O) groups is 1. The highest BCUT2D eigenvalue weighted by molar-refractivity contribution is 7.07. The van der Waals surface area contributed by atoms with Crippen molar-refractivity contribution in [1.29, 1.82) is 0 Å². The number of nitrogens with zero attached hydrogens (tertiary/aromatic N) is 3. The van der Waals surface area contributed by atoms with Gasteiger partial charge in [-0.15, -0.1) is 0 Å². The molecule has 1 atom stereocenters. The van der Waals surface area contributed by atoms with Gasteiger partial charge in [-0.25, -0.2) is 9.79 Å². The summed E-state index contributed by atoms with van der Waals surface area (Å²) >= 11 is 7.41. The summed E-state index contributed by atoms with van der Waals surface area (Å²) in [6.07, 6.45) is 1.58. The van der Waals surface area contributed by atoms with Crippen LogP contribution in [0.3, 0.4) is 0 Å². The molecule has 2 aliphatic rings. The molecule has 0 saturated carbocycles. The number of aromatic nitrogens is 1. The van der Waals surface area contributed by atoms with Crippen molar-refractivity contribution in [3.05, 3.63) is 106 Å². The Bertz CT molecular complexity index is 1950. The third-order valence-corrected chi connectivity index (χ3v) is 7.85. The SMILES string of the molecule is CCOC(=O)C1=C(C)N=c2sc(=Cc3ccc(-c4ccc([N+](=O)[O-])cc4Cl)o3)c(=O)n2C1c1ccc2c(c1)OCO2. The van der Waals surface area contributed by atoms with Gasteiger partial charge in [0.05, 0.1) is 38.4 Å². The van der Waals surface area contributed by atoms with Crippen LogP contribution in [-0.2, 0) is 9.53 Å². The van der Waals surface area contributed by atoms with E-state index in [-0.39, 0.29) is 35.2 Å². The monoisotopic (exact) mass is 593 g/mol. The maximum absolute atomic E-state index is 13.8. The number of benzene rings is 2. The Balaban J connectivity index is 1.45. The lowest BCUT2D eigenvalue weighted by Gasteiger charge is -2.24. The van der Waals surface area contributed by atoms with Gasteiger partial charge in [0.25, 0.3) is 11.2 Å². The molecule has 4 heterocycles. The van der Waals surface area contributed by atoms with E-state index in [0.717, 1.165) is 11.3 Å². The zero-order valence-corrected chi connectivity index (χ0v) is 23.2. The molecular weight excluding hydrogens is 574 g/mol. The van der Waals surface area contributed by atoms with Crippen LogP contribution in [0, 0.1) is 10.1 Å². The molecule has 0 saturated heterocycles. The number of hydrogen-bond donors (Lipinski definition) is 0. The number of nitro benzene ring substituents is 1.